The highest BCUT2D eigenvalue weighted by molar-refractivity contribution is 9.10. The first-order chi connectivity index (χ1) is 18.3. The van der Waals surface area contributed by atoms with Gasteiger partial charge in [0.15, 0.2) is 4.80 Å². The van der Waals surface area contributed by atoms with Crippen molar-refractivity contribution in [2.24, 2.45) is 4.99 Å². The number of benzene rings is 1. The molecule has 2 aromatic heterocycles. The molecular weight excluding hydrogens is 586 g/mol. The Hall–Kier alpha value is -2.56. The van der Waals surface area contributed by atoms with E-state index >= 15 is 0 Å². The maximum atomic E-state index is 13.9. The topological polar surface area (TPSA) is 77.0 Å². The van der Waals surface area contributed by atoms with Crippen molar-refractivity contribution in [3.05, 3.63) is 77.1 Å². The molecule has 1 saturated heterocycles. The van der Waals surface area contributed by atoms with Crippen molar-refractivity contribution in [2.75, 3.05) is 24.2 Å². The number of rotatable bonds is 6. The van der Waals surface area contributed by atoms with Crippen LogP contribution in [0.5, 0.6) is 0 Å². The Balaban J connectivity index is 1.62. The number of ether oxygens (including phenoxy) is 1. The smallest absolute Gasteiger partial charge is 0.338 e. The predicted molar refractivity (Wildman–Crippen MR) is 156 cm³/mol. The van der Waals surface area contributed by atoms with Gasteiger partial charge in [-0.3, -0.25) is 9.36 Å². The molecule has 0 N–H and O–H groups in total. The summed E-state index contributed by atoms with van der Waals surface area (Å²) in [6, 6.07) is 9.19. The van der Waals surface area contributed by atoms with Gasteiger partial charge in [0, 0.05) is 30.1 Å². The van der Waals surface area contributed by atoms with E-state index in [1.165, 1.54) is 17.8 Å². The minimum Gasteiger partial charge on any atom is -0.459 e. The fourth-order valence-corrected chi connectivity index (χ4v) is 6.84. The molecule has 1 fully saturated rings. The van der Waals surface area contributed by atoms with E-state index in [9.17, 15) is 9.59 Å². The van der Waals surface area contributed by atoms with Crippen molar-refractivity contribution in [2.45, 2.75) is 57.1 Å². The highest BCUT2D eigenvalue weighted by atomic mass is 79.9. The third kappa shape index (κ3) is 5.31. The van der Waals surface area contributed by atoms with Crippen LogP contribution in [0.2, 0.25) is 0 Å². The molecule has 10 heteroatoms. The molecule has 0 aliphatic carbocycles. The number of carbonyl (C=O) groups excluding carboxylic acids is 1. The quantitative estimate of drug-likeness (QED) is 0.278. The molecule has 0 bridgehead atoms. The molecule has 0 unspecified atom stereocenters. The number of anilines is 1. The number of thiazole rings is 1. The van der Waals surface area contributed by atoms with Crippen LogP contribution >= 0.6 is 39.0 Å². The van der Waals surface area contributed by atoms with E-state index in [1.807, 2.05) is 50.4 Å². The van der Waals surface area contributed by atoms with Gasteiger partial charge in [0.25, 0.3) is 5.56 Å². The third-order valence-electron chi connectivity index (χ3n) is 6.62. The predicted octanol–water partition coefficient (Wildman–Crippen LogP) is 5.25. The number of piperidine rings is 1. The number of hydrogen-bond donors (Lipinski definition) is 0. The monoisotopic (exact) mass is 615 g/mol. The molecule has 3 aromatic rings. The van der Waals surface area contributed by atoms with Gasteiger partial charge in [-0.25, -0.2) is 9.79 Å². The fraction of sp³-hybridized carbons (Fsp3) is 0.393. The molecule has 7 nitrogen and oxygen atoms in total. The summed E-state index contributed by atoms with van der Waals surface area (Å²) in [7, 11) is 0. The van der Waals surface area contributed by atoms with Crippen LogP contribution < -0.4 is 19.8 Å². The van der Waals surface area contributed by atoms with Gasteiger partial charge in [-0.2, -0.15) is 0 Å². The lowest BCUT2D eigenvalue weighted by Crippen LogP contribution is -2.40. The lowest BCUT2D eigenvalue weighted by molar-refractivity contribution is -0.143. The number of carbonyl (C=O) groups is 1. The van der Waals surface area contributed by atoms with Gasteiger partial charge in [-0.15, -0.1) is 11.8 Å². The zero-order chi connectivity index (χ0) is 27.0. The van der Waals surface area contributed by atoms with Crippen molar-refractivity contribution in [1.82, 2.24) is 4.57 Å². The molecular formula is C28H30BrN3O4S2. The summed E-state index contributed by atoms with van der Waals surface area (Å²) in [6.45, 7) is 7.33. The van der Waals surface area contributed by atoms with E-state index in [0.717, 1.165) is 46.7 Å². The number of thioether (sulfide) groups is 1. The maximum absolute atomic E-state index is 13.9. The van der Waals surface area contributed by atoms with E-state index < -0.39 is 12.0 Å². The Bertz CT molecular complexity index is 1560. The average Bonchev–Trinajstić information content (AvgIpc) is 3.41. The molecule has 0 spiro atoms. The highest BCUT2D eigenvalue weighted by Crippen LogP contribution is 2.33. The first-order valence-electron chi connectivity index (χ1n) is 12.7. The van der Waals surface area contributed by atoms with Gasteiger partial charge in [-0.05, 0) is 79.9 Å². The van der Waals surface area contributed by atoms with Crippen LogP contribution in [0, 0.1) is 0 Å². The summed E-state index contributed by atoms with van der Waals surface area (Å²) in [4.78, 5) is 35.7. The molecule has 38 heavy (non-hydrogen) atoms. The zero-order valence-electron chi connectivity index (χ0n) is 21.8. The van der Waals surface area contributed by atoms with E-state index in [0.29, 0.717) is 26.4 Å². The van der Waals surface area contributed by atoms with E-state index in [-0.39, 0.29) is 11.7 Å². The number of hydrogen-bond acceptors (Lipinski definition) is 8. The Morgan fingerprint density at radius 1 is 1.24 bits per heavy atom. The maximum Gasteiger partial charge on any atom is 0.338 e. The van der Waals surface area contributed by atoms with Gasteiger partial charge >= 0.3 is 5.97 Å². The van der Waals surface area contributed by atoms with Crippen LogP contribution in [-0.2, 0) is 9.53 Å². The third-order valence-corrected chi connectivity index (χ3v) is 8.91. The lowest BCUT2D eigenvalue weighted by atomic mass is 9.96. The highest BCUT2D eigenvalue weighted by Gasteiger charge is 2.34. The van der Waals surface area contributed by atoms with Crippen molar-refractivity contribution >= 4 is 57.0 Å². The molecule has 2 aliphatic rings. The summed E-state index contributed by atoms with van der Waals surface area (Å²) >= 11 is 6.56. The van der Waals surface area contributed by atoms with Gasteiger partial charge in [0.05, 0.1) is 32.4 Å². The summed E-state index contributed by atoms with van der Waals surface area (Å²) in [5, 5.41) is 0. The van der Waals surface area contributed by atoms with Crippen LogP contribution in [-0.4, -0.2) is 36.0 Å². The summed E-state index contributed by atoms with van der Waals surface area (Å²) in [5.74, 6) is 0.930. The first kappa shape index (κ1) is 27.0. The van der Waals surface area contributed by atoms with E-state index in [1.54, 1.807) is 29.3 Å². The van der Waals surface area contributed by atoms with Crippen LogP contribution in [0.4, 0.5) is 5.88 Å². The average molecular weight is 617 g/mol. The SMILES string of the molecule is CSc1ccc([C@@H]2C(C(=O)OC(C)C)=C(C)N=c3s/c(=C/c4cc(Br)c(N5CCCCC5)o4)c(=O)n32)cc1. The molecule has 1 aromatic carbocycles. The molecule has 5 rings (SSSR count). The van der Waals surface area contributed by atoms with Gasteiger partial charge in [-0.1, -0.05) is 23.5 Å². The Labute approximate surface area is 238 Å². The second-order valence-corrected chi connectivity index (χ2v) is 12.4. The van der Waals surface area contributed by atoms with Crippen LogP contribution in [0.3, 0.4) is 0 Å². The van der Waals surface area contributed by atoms with Crippen LogP contribution in [0.25, 0.3) is 6.08 Å². The molecule has 200 valence electrons. The van der Waals surface area contributed by atoms with Gasteiger partial charge in [0.2, 0.25) is 5.88 Å². The van der Waals surface area contributed by atoms with Gasteiger partial charge in [0.1, 0.15) is 5.76 Å². The number of allylic oxidation sites excluding steroid dienone is 1. The normalized spacial score (nSPS) is 18.1. The number of esters is 1. The van der Waals surface area contributed by atoms with Crippen molar-refractivity contribution in [3.63, 3.8) is 0 Å². The largest absolute Gasteiger partial charge is 0.459 e. The number of fused-ring (bicyclic) bond motifs is 1. The lowest BCUT2D eigenvalue weighted by Gasteiger charge is -2.26. The van der Waals surface area contributed by atoms with E-state index in [4.69, 9.17) is 9.15 Å². The Morgan fingerprint density at radius 2 is 1.95 bits per heavy atom. The first-order valence-corrected chi connectivity index (χ1v) is 15.5. The molecule has 0 saturated carbocycles. The van der Waals surface area contributed by atoms with Crippen LogP contribution in [0.1, 0.15) is 57.4 Å². The zero-order valence-corrected chi connectivity index (χ0v) is 25.0. The minimum absolute atomic E-state index is 0.220. The summed E-state index contributed by atoms with van der Waals surface area (Å²) in [5.41, 5.74) is 1.54. The Morgan fingerprint density at radius 3 is 2.61 bits per heavy atom. The number of aromatic nitrogens is 1. The molecule has 1 atom stereocenters. The second-order valence-electron chi connectivity index (χ2n) is 9.66. The minimum atomic E-state index is -0.636. The van der Waals surface area contributed by atoms with Gasteiger partial charge < -0.3 is 14.1 Å². The summed E-state index contributed by atoms with van der Waals surface area (Å²) in [6.07, 6.45) is 6.99. The molecule has 4 heterocycles. The number of nitrogens with zero attached hydrogens (tertiary/aromatic N) is 3. The summed E-state index contributed by atoms with van der Waals surface area (Å²) < 4.78 is 14.7. The second kappa shape index (κ2) is 11.3. The van der Waals surface area contributed by atoms with Crippen molar-refractivity contribution < 1.29 is 13.9 Å². The molecule has 0 amide bonds. The van der Waals surface area contributed by atoms with Crippen molar-refractivity contribution in [3.8, 4) is 0 Å². The van der Waals surface area contributed by atoms with Crippen LogP contribution in [0.15, 0.2) is 65.2 Å². The Kier molecular flexibility index (Phi) is 8.02. The van der Waals surface area contributed by atoms with Crippen molar-refractivity contribution in [1.29, 1.82) is 0 Å². The molecule has 0 radical (unpaired) electrons. The molecule has 2 aliphatic heterocycles. The fourth-order valence-electron chi connectivity index (χ4n) is 4.85. The number of halogens is 1. The standard InChI is InChI=1S/C28H30BrN3O4S2/c1-16(2)35-27(34)23-17(3)30-28-32(24(23)18-8-10-20(37-4)11-9-18)25(33)22(38-28)15-19-14-21(29)26(36-19)31-12-6-5-7-13-31/h8-11,14-16,24H,5-7,12-13H2,1-4H3/b22-15+/t24-/m1/s1. The number of furan rings is 1. The van der Waals surface area contributed by atoms with E-state index in [2.05, 4.69) is 25.8 Å².